The van der Waals surface area contributed by atoms with Gasteiger partial charge in [-0.15, -0.1) is 0 Å². The van der Waals surface area contributed by atoms with E-state index < -0.39 is 36.1 Å². The van der Waals surface area contributed by atoms with Gasteiger partial charge in [0.2, 0.25) is 0 Å². The van der Waals surface area contributed by atoms with Gasteiger partial charge in [-0.05, 0) is 107 Å². The fraction of sp³-hybridized carbons (Fsp3) is 0.194. The quantitative estimate of drug-likeness (QED) is 0.198. The lowest BCUT2D eigenvalue weighted by atomic mass is 9.94. The average molecular weight is 591 g/mol. The fourth-order valence-corrected chi connectivity index (χ4v) is 4.19. The first-order valence-corrected chi connectivity index (χ1v) is 12.4. The van der Waals surface area contributed by atoms with E-state index in [0.717, 1.165) is 0 Å². The van der Waals surface area contributed by atoms with Crippen molar-refractivity contribution in [2.24, 2.45) is 0 Å². The van der Waals surface area contributed by atoms with Crippen molar-refractivity contribution < 1.29 is 50.5 Å². The highest BCUT2D eigenvalue weighted by Gasteiger charge is 2.37. The van der Waals surface area contributed by atoms with Crippen molar-refractivity contribution in [3.05, 3.63) is 101 Å². The zero-order valence-corrected chi connectivity index (χ0v) is 22.3. The zero-order valence-electron chi connectivity index (χ0n) is 22.3. The molecule has 0 aliphatic carbocycles. The molecule has 0 saturated carbocycles. The van der Waals surface area contributed by atoms with Gasteiger partial charge in [0, 0.05) is 0 Å². The van der Waals surface area contributed by atoms with Gasteiger partial charge in [-0.1, -0.05) is 12.1 Å². The Bertz CT molecular complexity index is 1540. The summed E-state index contributed by atoms with van der Waals surface area (Å²) in [6.07, 6.45) is -9.98. The maximum Gasteiger partial charge on any atom is 0.416 e. The van der Waals surface area contributed by atoms with Crippen molar-refractivity contribution in [1.82, 2.24) is 0 Å². The Kier molecular flexibility index (Phi) is 8.70. The number of ether oxygens (including phenoxy) is 3. The molecule has 4 aromatic carbocycles. The van der Waals surface area contributed by atoms with Crippen molar-refractivity contribution in [1.29, 1.82) is 0 Å². The molecule has 0 atom stereocenters. The van der Waals surface area contributed by atoms with Crippen LogP contribution in [0.2, 0.25) is 0 Å². The van der Waals surface area contributed by atoms with Crippen LogP contribution in [-0.4, -0.2) is 24.8 Å². The molecule has 0 aliphatic rings. The van der Waals surface area contributed by atoms with Crippen LogP contribution in [0.1, 0.15) is 22.3 Å². The van der Waals surface area contributed by atoms with Crippen LogP contribution in [-0.2, 0) is 23.8 Å². The summed E-state index contributed by atoms with van der Waals surface area (Å²) in [5.41, 5.74) is -0.692. The first-order chi connectivity index (χ1) is 19.7. The smallest absolute Gasteiger partial charge is 0.416 e. The molecule has 5 nitrogen and oxygen atoms in total. The molecular formula is C31H24F6O5. The van der Waals surface area contributed by atoms with E-state index in [9.17, 15) is 31.1 Å². The first-order valence-electron chi connectivity index (χ1n) is 12.4. The lowest BCUT2D eigenvalue weighted by Gasteiger charge is -2.16. The Hall–Kier alpha value is -4.67. The summed E-state index contributed by atoms with van der Waals surface area (Å²) in [6.45, 7) is 1.10. The van der Waals surface area contributed by atoms with Crippen molar-refractivity contribution in [3.63, 3.8) is 0 Å². The van der Waals surface area contributed by atoms with E-state index in [1.54, 1.807) is 49.4 Å². The minimum Gasteiger partial charge on any atom is -0.497 e. The van der Waals surface area contributed by atoms with Gasteiger partial charge >= 0.3 is 18.3 Å². The lowest BCUT2D eigenvalue weighted by Crippen LogP contribution is -2.11. The first kappa shape index (κ1) is 30.3. The molecule has 0 saturated heterocycles. The second kappa shape index (κ2) is 12.1. The molecular weight excluding hydrogens is 566 g/mol. The van der Waals surface area contributed by atoms with Crippen molar-refractivity contribution >= 4 is 5.97 Å². The van der Waals surface area contributed by atoms with E-state index >= 15 is 0 Å². The third-order valence-corrected chi connectivity index (χ3v) is 6.24. The molecule has 0 spiro atoms. The topological polar surface area (TPSA) is 65.0 Å². The second-order valence-corrected chi connectivity index (χ2v) is 9.34. The molecule has 0 fully saturated rings. The summed E-state index contributed by atoms with van der Waals surface area (Å²) >= 11 is 0. The normalized spacial score (nSPS) is 11.7. The van der Waals surface area contributed by atoms with E-state index in [1.165, 1.54) is 25.3 Å². The van der Waals surface area contributed by atoms with E-state index in [4.69, 9.17) is 19.3 Å². The maximum atomic E-state index is 13.6. The lowest BCUT2D eigenvalue weighted by molar-refractivity contribution is -0.143. The van der Waals surface area contributed by atoms with Crippen LogP contribution in [0.15, 0.2) is 78.9 Å². The third kappa shape index (κ3) is 7.54. The summed E-state index contributed by atoms with van der Waals surface area (Å²) in [6, 6.07) is 17.7. The summed E-state index contributed by atoms with van der Waals surface area (Å²) < 4.78 is 97.7. The van der Waals surface area contributed by atoms with Crippen LogP contribution in [0.4, 0.5) is 26.3 Å². The molecule has 0 amide bonds. The molecule has 0 heterocycles. The Morgan fingerprint density at radius 2 is 1.24 bits per heavy atom. The molecule has 1 N–H and O–H groups in total. The van der Waals surface area contributed by atoms with Gasteiger partial charge in [-0.3, -0.25) is 0 Å². The molecule has 220 valence electrons. The molecule has 42 heavy (non-hydrogen) atoms. The zero-order chi connectivity index (χ0) is 30.7. The number of methoxy groups -OCH3 is 1. The number of benzene rings is 4. The Morgan fingerprint density at radius 1 is 0.690 bits per heavy atom. The van der Waals surface area contributed by atoms with Gasteiger partial charge in [-0.2, -0.15) is 26.3 Å². The molecule has 11 heteroatoms. The van der Waals surface area contributed by atoms with Gasteiger partial charge in [0.1, 0.15) is 23.9 Å². The average Bonchev–Trinajstić information content (AvgIpc) is 2.94. The number of carbonyl (C=O) groups is 1. The minimum absolute atomic E-state index is 0.0726. The van der Waals surface area contributed by atoms with Gasteiger partial charge in [-0.25, -0.2) is 4.79 Å². The molecule has 4 rings (SSSR count). The fourth-order valence-electron chi connectivity index (χ4n) is 4.19. The van der Waals surface area contributed by atoms with Crippen LogP contribution in [0.5, 0.6) is 17.2 Å². The molecule has 0 bridgehead atoms. The molecule has 0 aliphatic heterocycles. The molecule has 0 radical (unpaired) electrons. The molecule has 4 aromatic rings. The number of carboxylic acids is 1. The maximum absolute atomic E-state index is 13.6. The van der Waals surface area contributed by atoms with Gasteiger partial charge in [0.15, 0.2) is 6.61 Å². The Labute approximate surface area is 236 Å². The highest BCUT2D eigenvalue weighted by molar-refractivity contribution is 5.75. The van der Waals surface area contributed by atoms with Crippen LogP contribution in [0.25, 0.3) is 22.3 Å². The summed E-state index contributed by atoms with van der Waals surface area (Å²) in [5, 5.41) is 8.81. The van der Waals surface area contributed by atoms with E-state index in [1.807, 2.05) is 0 Å². The number of aliphatic carboxylic acids is 1. The largest absolute Gasteiger partial charge is 0.497 e. The van der Waals surface area contributed by atoms with Gasteiger partial charge in [0.25, 0.3) is 0 Å². The van der Waals surface area contributed by atoms with Crippen LogP contribution >= 0.6 is 0 Å². The predicted molar refractivity (Wildman–Crippen MR) is 143 cm³/mol. The SMILES string of the molecule is COc1ccc(-c2cc(COc3ccc(OCC(=O)O)c(C)c3)cc(-c3cc(C(F)(F)F)cc(C(F)(F)F)c3)c2)cc1. The van der Waals surface area contributed by atoms with Crippen molar-refractivity contribution in [2.75, 3.05) is 13.7 Å². The number of carboxylic acid groups (broad SMARTS) is 1. The van der Waals surface area contributed by atoms with Crippen LogP contribution in [0, 0.1) is 6.92 Å². The number of aryl methyl sites for hydroxylation is 1. The minimum atomic E-state index is -4.99. The molecule has 0 unspecified atom stereocenters. The van der Waals surface area contributed by atoms with Gasteiger partial charge < -0.3 is 19.3 Å². The van der Waals surface area contributed by atoms with E-state index in [-0.39, 0.29) is 23.8 Å². The number of alkyl halides is 6. The number of hydrogen-bond donors (Lipinski definition) is 1. The molecule has 0 aromatic heterocycles. The van der Waals surface area contributed by atoms with Crippen molar-refractivity contribution in [2.45, 2.75) is 25.9 Å². The summed E-state index contributed by atoms with van der Waals surface area (Å²) in [4.78, 5) is 10.8. The van der Waals surface area contributed by atoms with Crippen molar-refractivity contribution in [3.8, 4) is 39.5 Å². The predicted octanol–water partition coefficient (Wildman–Crippen LogP) is 8.42. The van der Waals surface area contributed by atoms with Crippen LogP contribution in [0.3, 0.4) is 0 Å². The van der Waals surface area contributed by atoms with E-state index in [0.29, 0.717) is 51.6 Å². The standard InChI is InChI=1S/C31H24F6O5/c1-18-9-27(7-8-28(18)42-17-29(38)39)41-16-19-10-21(20-3-5-26(40-2)6-4-20)12-22(11-19)23-13-24(30(32,33)34)15-25(14-23)31(35,36)37/h3-15H,16-17H2,1-2H3,(H,38,39). The van der Waals surface area contributed by atoms with Gasteiger partial charge in [0.05, 0.1) is 18.2 Å². The number of halogens is 6. The summed E-state index contributed by atoms with van der Waals surface area (Å²) in [5.74, 6) is 0.172. The monoisotopic (exact) mass is 590 g/mol. The summed E-state index contributed by atoms with van der Waals surface area (Å²) in [7, 11) is 1.49. The highest BCUT2D eigenvalue weighted by Crippen LogP contribution is 2.40. The Balaban J connectivity index is 1.75. The van der Waals surface area contributed by atoms with Crippen LogP contribution < -0.4 is 14.2 Å². The second-order valence-electron chi connectivity index (χ2n) is 9.34. The Morgan fingerprint density at radius 3 is 1.76 bits per heavy atom. The number of rotatable bonds is 9. The highest BCUT2D eigenvalue weighted by atomic mass is 19.4. The van der Waals surface area contributed by atoms with E-state index in [2.05, 4.69) is 0 Å². The number of hydrogen-bond acceptors (Lipinski definition) is 4. The third-order valence-electron chi connectivity index (χ3n) is 6.24.